The van der Waals surface area contributed by atoms with E-state index >= 15 is 0 Å². The Hall–Kier alpha value is -3.35. The van der Waals surface area contributed by atoms with Crippen molar-refractivity contribution in [3.8, 4) is 17.2 Å². The van der Waals surface area contributed by atoms with Crippen molar-refractivity contribution in [3.63, 3.8) is 0 Å². The smallest absolute Gasteiger partial charge is 0.270 e. The number of benzene rings is 2. The van der Waals surface area contributed by atoms with Crippen LogP contribution in [0.15, 0.2) is 42.5 Å². The molecule has 0 fully saturated rings. The number of hydrogen-bond donors (Lipinski definition) is 1. The van der Waals surface area contributed by atoms with Crippen LogP contribution in [0.25, 0.3) is 10.9 Å². The van der Waals surface area contributed by atoms with Crippen LogP contribution in [0, 0.1) is 5.82 Å². The molecule has 0 spiro atoms. The Morgan fingerprint density at radius 2 is 1.81 bits per heavy atom. The van der Waals surface area contributed by atoms with Crippen LogP contribution < -0.4 is 19.5 Å². The minimum absolute atomic E-state index is 0.0614. The number of carbonyl (C=O) groups is 1. The maximum atomic E-state index is 14.1. The van der Waals surface area contributed by atoms with Gasteiger partial charge in [0.15, 0.2) is 0 Å². The number of ether oxygens (including phenoxy) is 3. The highest BCUT2D eigenvalue weighted by molar-refractivity contribution is 5.97. The summed E-state index contributed by atoms with van der Waals surface area (Å²) in [5, 5.41) is 3.27. The van der Waals surface area contributed by atoms with Crippen LogP contribution in [0.2, 0.25) is 0 Å². The number of halogens is 1. The molecule has 1 aromatic heterocycles. The zero-order chi connectivity index (χ0) is 19.4. The summed E-state index contributed by atoms with van der Waals surface area (Å²) in [5.74, 6) is 0.667. The topological polar surface area (TPSA) is 69.7 Å². The standard InChI is InChI=1S/C20H19FN2O4/c1-25-13-7-8-17(26-2)12(9-13)11-22-20(24)16-10-18(27-3)14-5-4-6-15(21)19(14)23-16/h4-10H,11H2,1-3H3,(H,22,24). The molecule has 0 aliphatic heterocycles. The molecular formula is C20H19FN2O4. The Kier molecular flexibility index (Phi) is 5.40. The molecule has 1 heterocycles. The first-order valence-corrected chi connectivity index (χ1v) is 8.19. The van der Waals surface area contributed by atoms with Gasteiger partial charge in [0.05, 0.1) is 21.3 Å². The average molecular weight is 370 g/mol. The predicted molar refractivity (Wildman–Crippen MR) is 99.0 cm³/mol. The predicted octanol–water partition coefficient (Wildman–Crippen LogP) is 3.33. The zero-order valence-corrected chi connectivity index (χ0v) is 15.2. The number of para-hydroxylation sites is 1. The van der Waals surface area contributed by atoms with E-state index in [1.54, 1.807) is 44.6 Å². The minimum atomic E-state index is -0.519. The lowest BCUT2D eigenvalue weighted by Crippen LogP contribution is -2.24. The number of nitrogens with one attached hydrogen (secondary N) is 1. The number of methoxy groups -OCH3 is 3. The van der Waals surface area contributed by atoms with Gasteiger partial charge >= 0.3 is 0 Å². The van der Waals surface area contributed by atoms with E-state index in [0.29, 0.717) is 22.6 Å². The van der Waals surface area contributed by atoms with Crippen LogP contribution >= 0.6 is 0 Å². The van der Waals surface area contributed by atoms with Gasteiger partial charge in [-0.1, -0.05) is 6.07 Å². The minimum Gasteiger partial charge on any atom is -0.497 e. The fourth-order valence-electron chi connectivity index (χ4n) is 2.75. The van der Waals surface area contributed by atoms with Gasteiger partial charge in [0.1, 0.15) is 34.3 Å². The van der Waals surface area contributed by atoms with Crippen LogP contribution in [0.4, 0.5) is 4.39 Å². The van der Waals surface area contributed by atoms with Crippen molar-refractivity contribution >= 4 is 16.8 Å². The third kappa shape index (κ3) is 3.76. The van der Waals surface area contributed by atoms with Gasteiger partial charge in [-0.25, -0.2) is 9.37 Å². The molecule has 0 aliphatic carbocycles. The first-order chi connectivity index (χ1) is 13.1. The fourth-order valence-corrected chi connectivity index (χ4v) is 2.75. The van der Waals surface area contributed by atoms with Crippen molar-refractivity contribution in [1.29, 1.82) is 0 Å². The molecule has 0 atom stereocenters. The molecule has 3 aromatic rings. The Labute approximate surface area is 155 Å². The molecular weight excluding hydrogens is 351 g/mol. The van der Waals surface area contributed by atoms with Crippen molar-refractivity contribution < 1.29 is 23.4 Å². The van der Waals surface area contributed by atoms with Gasteiger partial charge in [0.2, 0.25) is 0 Å². The monoisotopic (exact) mass is 370 g/mol. The molecule has 7 heteroatoms. The lowest BCUT2D eigenvalue weighted by Gasteiger charge is -2.12. The number of aromatic nitrogens is 1. The van der Waals surface area contributed by atoms with Crippen LogP contribution in [-0.4, -0.2) is 32.2 Å². The van der Waals surface area contributed by atoms with E-state index in [2.05, 4.69) is 10.3 Å². The van der Waals surface area contributed by atoms with Gasteiger partial charge in [-0.05, 0) is 30.3 Å². The van der Waals surface area contributed by atoms with E-state index in [9.17, 15) is 9.18 Å². The molecule has 1 amide bonds. The number of amides is 1. The molecule has 3 rings (SSSR count). The second-order valence-electron chi connectivity index (χ2n) is 5.71. The quantitative estimate of drug-likeness (QED) is 0.721. The molecule has 0 radical (unpaired) electrons. The summed E-state index contributed by atoms with van der Waals surface area (Å²) in [6.45, 7) is 0.193. The summed E-state index contributed by atoms with van der Waals surface area (Å²) in [5.41, 5.74) is 0.886. The molecule has 0 saturated heterocycles. The average Bonchev–Trinajstić information content (AvgIpc) is 2.71. The van der Waals surface area contributed by atoms with E-state index in [-0.39, 0.29) is 17.8 Å². The van der Waals surface area contributed by atoms with Crippen molar-refractivity contribution in [3.05, 3.63) is 59.5 Å². The first-order valence-electron chi connectivity index (χ1n) is 8.19. The largest absolute Gasteiger partial charge is 0.497 e. The summed E-state index contributed by atoms with van der Waals surface area (Å²) >= 11 is 0. The maximum Gasteiger partial charge on any atom is 0.270 e. The second kappa shape index (κ2) is 7.90. The summed E-state index contributed by atoms with van der Waals surface area (Å²) in [6, 6.07) is 11.3. The molecule has 140 valence electrons. The first kappa shape index (κ1) is 18.4. The van der Waals surface area contributed by atoms with E-state index in [1.165, 1.54) is 19.2 Å². The second-order valence-corrected chi connectivity index (χ2v) is 5.71. The third-order valence-electron chi connectivity index (χ3n) is 4.13. The van der Waals surface area contributed by atoms with Crippen molar-refractivity contribution in [1.82, 2.24) is 10.3 Å². The molecule has 0 aliphatic rings. The van der Waals surface area contributed by atoms with Gasteiger partial charge in [-0.3, -0.25) is 4.79 Å². The van der Waals surface area contributed by atoms with Gasteiger partial charge in [-0.15, -0.1) is 0 Å². The van der Waals surface area contributed by atoms with E-state index in [4.69, 9.17) is 14.2 Å². The van der Waals surface area contributed by atoms with Gasteiger partial charge in [0, 0.05) is 23.6 Å². The molecule has 2 aromatic carbocycles. The Morgan fingerprint density at radius 3 is 2.52 bits per heavy atom. The van der Waals surface area contributed by atoms with Crippen molar-refractivity contribution in [2.75, 3.05) is 21.3 Å². The van der Waals surface area contributed by atoms with Crippen molar-refractivity contribution in [2.45, 2.75) is 6.54 Å². The lowest BCUT2D eigenvalue weighted by atomic mass is 10.1. The highest BCUT2D eigenvalue weighted by Crippen LogP contribution is 2.27. The molecule has 6 nitrogen and oxygen atoms in total. The highest BCUT2D eigenvalue weighted by Gasteiger charge is 2.15. The Morgan fingerprint density at radius 1 is 1.04 bits per heavy atom. The number of pyridine rings is 1. The van der Waals surface area contributed by atoms with Crippen LogP contribution in [0.1, 0.15) is 16.1 Å². The van der Waals surface area contributed by atoms with E-state index in [1.807, 2.05) is 0 Å². The van der Waals surface area contributed by atoms with E-state index in [0.717, 1.165) is 5.56 Å². The van der Waals surface area contributed by atoms with Gasteiger partial charge in [0.25, 0.3) is 5.91 Å². The number of fused-ring (bicyclic) bond motifs is 1. The molecule has 0 unspecified atom stereocenters. The molecule has 0 bridgehead atoms. The van der Waals surface area contributed by atoms with Crippen molar-refractivity contribution in [2.24, 2.45) is 0 Å². The number of nitrogens with zero attached hydrogens (tertiary/aromatic N) is 1. The van der Waals surface area contributed by atoms with Gasteiger partial charge < -0.3 is 19.5 Å². The normalized spacial score (nSPS) is 10.5. The Bertz CT molecular complexity index is 991. The Balaban J connectivity index is 1.88. The summed E-state index contributed by atoms with van der Waals surface area (Å²) < 4.78 is 29.9. The molecule has 27 heavy (non-hydrogen) atoms. The van der Waals surface area contributed by atoms with Crippen LogP contribution in [-0.2, 0) is 6.54 Å². The molecule has 1 N–H and O–H groups in total. The van der Waals surface area contributed by atoms with Crippen LogP contribution in [0.5, 0.6) is 17.2 Å². The number of rotatable bonds is 6. The summed E-state index contributed by atoms with van der Waals surface area (Å²) in [4.78, 5) is 16.7. The maximum absolute atomic E-state index is 14.1. The number of hydrogen-bond acceptors (Lipinski definition) is 5. The zero-order valence-electron chi connectivity index (χ0n) is 15.2. The van der Waals surface area contributed by atoms with Gasteiger partial charge in [-0.2, -0.15) is 0 Å². The van der Waals surface area contributed by atoms with E-state index < -0.39 is 11.7 Å². The fraction of sp³-hybridized carbons (Fsp3) is 0.200. The lowest BCUT2D eigenvalue weighted by molar-refractivity contribution is 0.0945. The number of carbonyl (C=O) groups excluding carboxylic acids is 1. The third-order valence-corrected chi connectivity index (χ3v) is 4.13. The summed E-state index contributed by atoms with van der Waals surface area (Å²) in [6.07, 6.45) is 0. The SMILES string of the molecule is COc1ccc(OC)c(CNC(=O)c2cc(OC)c3cccc(F)c3n2)c1. The molecule has 0 saturated carbocycles. The highest BCUT2D eigenvalue weighted by atomic mass is 19.1. The van der Waals surface area contributed by atoms with Crippen LogP contribution in [0.3, 0.4) is 0 Å². The summed E-state index contributed by atoms with van der Waals surface area (Å²) in [7, 11) is 4.57.